The molecule has 0 aliphatic carbocycles. The van der Waals surface area contributed by atoms with Crippen LogP contribution in [0.2, 0.25) is 0 Å². The van der Waals surface area contributed by atoms with E-state index >= 15 is 0 Å². The summed E-state index contributed by atoms with van der Waals surface area (Å²) < 4.78 is 48.7. The summed E-state index contributed by atoms with van der Waals surface area (Å²) in [7, 11) is -6.27. The number of nitrogens with one attached hydrogen (secondary N) is 2. The summed E-state index contributed by atoms with van der Waals surface area (Å²) >= 11 is 0. The van der Waals surface area contributed by atoms with E-state index in [9.17, 15) is 16.8 Å². The van der Waals surface area contributed by atoms with Crippen molar-refractivity contribution >= 4 is 19.9 Å². The van der Waals surface area contributed by atoms with Crippen molar-refractivity contribution in [3.05, 3.63) is 18.2 Å². The van der Waals surface area contributed by atoms with Gasteiger partial charge in [-0.15, -0.1) is 0 Å². The maximum absolute atomic E-state index is 11.8. The third-order valence-electron chi connectivity index (χ3n) is 3.39. The largest absolute Gasteiger partial charge is 0.348 e. The second-order valence-electron chi connectivity index (χ2n) is 5.10. The van der Waals surface area contributed by atoms with Crippen LogP contribution in [0.15, 0.2) is 12.5 Å². The molecule has 0 radical (unpaired) electrons. The minimum Gasteiger partial charge on any atom is -0.348 e. The van der Waals surface area contributed by atoms with Crippen LogP contribution in [0, 0.1) is 5.92 Å². The SMILES string of the molecule is O=S1(=O)CCC(CCS(=O)(=O)NCCc2cnc[nH]2)C1. The molecule has 0 amide bonds. The molecule has 2 N–H and O–H groups in total. The molecule has 9 heteroatoms. The van der Waals surface area contributed by atoms with Crippen LogP contribution >= 0.6 is 0 Å². The summed E-state index contributed by atoms with van der Waals surface area (Å²) in [5, 5.41) is 0. The maximum atomic E-state index is 11.8. The lowest BCUT2D eigenvalue weighted by Gasteiger charge is -2.09. The Morgan fingerprint density at radius 3 is 2.85 bits per heavy atom. The lowest BCUT2D eigenvalue weighted by molar-refractivity contribution is 0.544. The Labute approximate surface area is 119 Å². The van der Waals surface area contributed by atoms with Crippen molar-refractivity contribution in [2.75, 3.05) is 23.8 Å². The molecular weight excluding hydrogens is 302 g/mol. The van der Waals surface area contributed by atoms with Gasteiger partial charge in [0.15, 0.2) is 9.84 Å². The number of sulfonamides is 1. The Morgan fingerprint density at radius 2 is 2.25 bits per heavy atom. The van der Waals surface area contributed by atoms with Crippen molar-refractivity contribution in [1.29, 1.82) is 0 Å². The number of hydrogen-bond donors (Lipinski definition) is 2. The fraction of sp³-hybridized carbons (Fsp3) is 0.727. The fourth-order valence-electron chi connectivity index (χ4n) is 2.26. The third kappa shape index (κ3) is 4.88. The molecule has 1 aromatic rings. The molecule has 0 spiro atoms. The first kappa shape index (κ1) is 15.5. The number of aromatic amines is 1. The molecule has 114 valence electrons. The van der Waals surface area contributed by atoms with Gasteiger partial charge in [0.25, 0.3) is 0 Å². The van der Waals surface area contributed by atoms with Gasteiger partial charge in [-0.2, -0.15) is 0 Å². The van der Waals surface area contributed by atoms with E-state index in [4.69, 9.17) is 0 Å². The van der Waals surface area contributed by atoms with Crippen molar-refractivity contribution in [2.45, 2.75) is 19.3 Å². The van der Waals surface area contributed by atoms with Crippen molar-refractivity contribution in [3.8, 4) is 0 Å². The average Bonchev–Trinajstić information content (AvgIpc) is 2.96. The van der Waals surface area contributed by atoms with E-state index in [1.165, 1.54) is 0 Å². The second-order valence-corrected chi connectivity index (χ2v) is 9.25. The summed E-state index contributed by atoms with van der Waals surface area (Å²) in [6, 6.07) is 0. The molecule has 1 aliphatic heterocycles. The van der Waals surface area contributed by atoms with Crippen LogP contribution in [-0.2, 0) is 26.3 Å². The van der Waals surface area contributed by atoms with E-state index in [1.807, 2.05) is 0 Å². The van der Waals surface area contributed by atoms with Crippen molar-refractivity contribution in [3.63, 3.8) is 0 Å². The fourth-order valence-corrected chi connectivity index (χ4v) is 5.37. The monoisotopic (exact) mass is 321 g/mol. The molecule has 1 aromatic heterocycles. The Balaban J connectivity index is 1.71. The van der Waals surface area contributed by atoms with Gasteiger partial charge in [-0.05, 0) is 18.8 Å². The molecule has 0 aromatic carbocycles. The van der Waals surface area contributed by atoms with Crippen LogP contribution in [0.25, 0.3) is 0 Å². The molecule has 20 heavy (non-hydrogen) atoms. The summed E-state index contributed by atoms with van der Waals surface area (Å²) in [5.74, 6) is 0.266. The van der Waals surface area contributed by atoms with Gasteiger partial charge in [-0.3, -0.25) is 0 Å². The van der Waals surface area contributed by atoms with E-state index < -0.39 is 19.9 Å². The van der Waals surface area contributed by atoms with Crippen LogP contribution in [0.4, 0.5) is 0 Å². The zero-order valence-corrected chi connectivity index (χ0v) is 12.7. The first-order valence-electron chi connectivity index (χ1n) is 6.51. The molecule has 1 unspecified atom stereocenters. The van der Waals surface area contributed by atoms with E-state index in [0.29, 0.717) is 25.8 Å². The summed E-state index contributed by atoms with van der Waals surface area (Å²) in [4.78, 5) is 6.75. The average molecular weight is 321 g/mol. The van der Waals surface area contributed by atoms with E-state index in [0.717, 1.165) is 5.69 Å². The highest BCUT2D eigenvalue weighted by molar-refractivity contribution is 7.91. The van der Waals surface area contributed by atoms with Gasteiger partial charge in [0.2, 0.25) is 10.0 Å². The highest BCUT2D eigenvalue weighted by Crippen LogP contribution is 2.21. The number of H-pyrrole nitrogens is 1. The first-order valence-corrected chi connectivity index (χ1v) is 9.99. The number of rotatable bonds is 7. The van der Waals surface area contributed by atoms with Crippen molar-refractivity contribution in [2.24, 2.45) is 5.92 Å². The minimum atomic E-state index is -3.34. The lowest BCUT2D eigenvalue weighted by Crippen LogP contribution is -2.29. The topological polar surface area (TPSA) is 109 Å². The zero-order valence-electron chi connectivity index (χ0n) is 11.1. The smallest absolute Gasteiger partial charge is 0.211 e. The number of nitrogens with zero attached hydrogens (tertiary/aromatic N) is 1. The summed E-state index contributed by atoms with van der Waals surface area (Å²) in [5.41, 5.74) is 0.870. The van der Waals surface area contributed by atoms with Crippen LogP contribution in [0.3, 0.4) is 0 Å². The number of imidazole rings is 1. The molecule has 2 rings (SSSR count). The van der Waals surface area contributed by atoms with Crippen molar-refractivity contribution < 1.29 is 16.8 Å². The minimum absolute atomic E-state index is 0.0177. The Kier molecular flexibility index (Phi) is 4.82. The van der Waals surface area contributed by atoms with E-state index in [2.05, 4.69) is 14.7 Å². The quantitative estimate of drug-likeness (QED) is 0.716. The Hall–Kier alpha value is -0.930. The maximum Gasteiger partial charge on any atom is 0.211 e. The number of hydrogen-bond acceptors (Lipinski definition) is 5. The molecule has 1 aliphatic rings. The van der Waals surface area contributed by atoms with Gasteiger partial charge in [-0.25, -0.2) is 26.5 Å². The third-order valence-corrected chi connectivity index (χ3v) is 6.65. The predicted octanol–water partition coefficient (Wildman–Crippen LogP) is -0.304. The molecule has 1 atom stereocenters. The van der Waals surface area contributed by atoms with E-state index in [1.54, 1.807) is 12.5 Å². The van der Waals surface area contributed by atoms with Gasteiger partial charge in [0.05, 0.1) is 23.6 Å². The highest BCUT2D eigenvalue weighted by atomic mass is 32.2. The molecule has 1 saturated heterocycles. The number of sulfone groups is 1. The van der Waals surface area contributed by atoms with Crippen LogP contribution in [0.5, 0.6) is 0 Å². The van der Waals surface area contributed by atoms with Gasteiger partial charge >= 0.3 is 0 Å². The Morgan fingerprint density at radius 1 is 1.45 bits per heavy atom. The zero-order chi connectivity index (χ0) is 14.6. The van der Waals surface area contributed by atoms with Crippen LogP contribution < -0.4 is 4.72 Å². The lowest BCUT2D eigenvalue weighted by atomic mass is 10.1. The molecule has 2 heterocycles. The molecular formula is C11H19N3O4S2. The molecule has 1 fully saturated rings. The predicted molar refractivity (Wildman–Crippen MR) is 75.5 cm³/mol. The second kappa shape index (κ2) is 6.23. The van der Waals surface area contributed by atoms with Gasteiger partial charge in [-0.1, -0.05) is 0 Å². The normalized spacial score (nSPS) is 22.1. The number of aromatic nitrogens is 2. The van der Waals surface area contributed by atoms with Gasteiger partial charge in [0.1, 0.15) is 0 Å². The standard InChI is InChI=1S/C11H19N3O4S2/c15-19(16)5-2-10(8-19)3-6-20(17,18)14-4-1-11-7-12-9-13-11/h7,9-10,14H,1-6,8H2,(H,12,13). The van der Waals surface area contributed by atoms with Crippen LogP contribution in [-0.4, -0.2) is 50.6 Å². The highest BCUT2D eigenvalue weighted by Gasteiger charge is 2.28. The van der Waals surface area contributed by atoms with Gasteiger partial charge in [0, 0.05) is 24.9 Å². The summed E-state index contributed by atoms with van der Waals surface area (Å²) in [6.07, 6.45) is 4.73. The van der Waals surface area contributed by atoms with E-state index in [-0.39, 0.29) is 23.2 Å². The van der Waals surface area contributed by atoms with Gasteiger partial charge < -0.3 is 4.98 Å². The van der Waals surface area contributed by atoms with Crippen LogP contribution in [0.1, 0.15) is 18.5 Å². The molecule has 0 bridgehead atoms. The molecule has 0 saturated carbocycles. The molecule has 7 nitrogen and oxygen atoms in total. The summed E-state index contributed by atoms with van der Waals surface area (Å²) in [6.45, 7) is 0.313. The first-order chi connectivity index (χ1) is 9.36. The van der Waals surface area contributed by atoms with Crippen molar-refractivity contribution in [1.82, 2.24) is 14.7 Å². The Bertz CT molecular complexity index is 623.